The molecule has 1 aliphatic heterocycles. The summed E-state index contributed by atoms with van der Waals surface area (Å²) in [6, 6.07) is 7.08. The number of carbonyl (C=O) groups is 1. The minimum Gasteiger partial charge on any atom is -0.365 e. The Hall–Kier alpha value is -2.31. The van der Waals surface area contributed by atoms with Crippen LogP contribution in [0.1, 0.15) is 32.0 Å². The number of hydrogen-bond donors (Lipinski definition) is 1. The van der Waals surface area contributed by atoms with Crippen LogP contribution in [0, 0.1) is 0 Å². The van der Waals surface area contributed by atoms with Gasteiger partial charge in [-0.3, -0.25) is 4.79 Å². The van der Waals surface area contributed by atoms with Crippen molar-refractivity contribution in [3.63, 3.8) is 0 Å². The van der Waals surface area contributed by atoms with Crippen LogP contribution in [0.15, 0.2) is 24.3 Å². The van der Waals surface area contributed by atoms with Gasteiger partial charge in [0.1, 0.15) is 5.82 Å². The number of carbonyl (C=O) groups excluding carboxylic acids is 1. The molecule has 3 rings (SSSR count). The first-order valence-corrected chi connectivity index (χ1v) is 7.67. The number of para-hydroxylation sites is 1. The lowest BCUT2D eigenvalue weighted by Gasteiger charge is -2.18. The van der Waals surface area contributed by atoms with E-state index in [1.54, 1.807) is 23.1 Å². The van der Waals surface area contributed by atoms with E-state index in [-0.39, 0.29) is 11.9 Å². The quantitative estimate of drug-likeness (QED) is 0.941. The van der Waals surface area contributed by atoms with Gasteiger partial charge in [-0.15, -0.1) is 0 Å². The second-order valence-electron chi connectivity index (χ2n) is 5.57. The van der Waals surface area contributed by atoms with Gasteiger partial charge in [0.2, 0.25) is 5.91 Å². The van der Waals surface area contributed by atoms with E-state index in [1.165, 1.54) is 0 Å². The van der Waals surface area contributed by atoms with Gasteiger partial charge in [0.05, 0.1) is 5.52 Å². The molecule has 1 fully saturated rings. The number of halogens is 2. The number of nitrogens with zero attached hydrogens (tertiary/aromatic N) is 3. The molecule has 5 nitrogen and oxygen atoms in total. The molecule has 0 radical (unpaired) electrons. The van der Waals surface area contributed by atoms with E-state index in [2.05, 4.69) is 15.3 Å². The average Bonchev–Trinajstić information content (AvgIpc) is 3.02. The number of hydrogen-bond acceptors (Lipinski definition) is 4. The van der Waals surface area contributed by atoms with Gasteiger partial charge in [-0.05, 0) is 18.6 Å². The van der Waals surface area contributed by atoms with Crippen LogP contribution in [0.2, 0.25) is 0 Å². The first-order chi connectivity index (χ1) is 11.1. The third kappa shape index (κ3) is 3.23. The second-order valence-corrected chi connectivity index (χ2v) is 5.57. The number of fused-ring (bicyclic) bond motifs is 1. The summed E-state index contributed by atoms with van der Waals surface area (Å²) in [5.74, 6) is 0.0301. The van der Waals surface area contributed by atoms with Gasteiger partial charge in [-0.25, -0.2) is 18.7 Å². The van der Waals surface area contributed by atoms with E-state index in [1.807, 2.05) is 13.0 Å². The van der Waals surface area contributed by atoms with E-state index >= 15 is 0 Å². The molecule has 7 heteroatoms. The average molecular weight is 320 g/mol. The maximum atomic E-state index is 13.0. The second kappa shape index (κ2) is 6.44. The molecule has 1 atom stereocenters. The Kier molecular flexibility index (Phi) is 4.36. The van der Waals surface area contributed by atoms with Crippen molar-refractivity contribution in [3.8, 4) is 0 Å². The zero-order valence-electron chi connectivity index (χ0n) is 12.8. The Balaban J connectivity index is 1.86. The van der Waals surface area contributed by atoms with Crippen LogP contribution < -0.4 is 5.32 Å². The van der Waals surface area contributed by atoms with Crippen LogP contribution in [-0.4, -0.2) is 39.9 Å². The molecule has 1 aromatic heterocycles. The molecule has 1 unspecified atom stereocenters. The van der Waals surface area contributed by atoms with Crippen molar-refractivity contribution in [1.82, 2.24) is 14.9 Å². The van der Waals surface area contributed by atoms with Gasteiger partial charge in [0.15, 0.2) is 5.82 Å². The zero-order valence-corrected chi connectivity index (χ0v) is 12.8. The summed E-state index contributed by atoms with van der Waals surface area (Å²) in [5.41, 5.74) is 0.486. The Bertz CT molecular complexity index is 722. The number of nitrogens with one attached hydrogen (secondary N) is 1. The smallest absolute Gasteiger partial charge is 0.297 e. The lowest BCUT2D eigenvalue weighted by atomic mass is 10.2. The van der Waals surface area contributed by atoms with E-state index in [0.29, 0.717) is 36.2 Å². The van der Waals surface area contributed by atoms with Crippen molar-refractivity contribution in [1.29, 1.82) is 0 Å². The molecule has 0 saturated carbocycles. The fourth-order valence-electron chi connectivity index (χ4n) is 2.82. The number of amides is 1. The van der Waals surface area contributed by atoms with Crippen LogP contribution in [0.25, 0.3) is 10.9 Å². The fraction of sp³-hybridized carbons (Fsp3) is 0.438. The van der Waals surface area contributed by atoms with Crippen molar-refractivity contribution < 1.29 is 13.6 Å². The predicted octanol–water partition coefficient (Wildman–Crippen LogP) is 2.99. The summed E-state index contributed by atoms with van der Waals surface area (Å²) in [7, 11) is 0. The van der Waals surface area contributed by atoms with Crippen molar-refractivity contribution in [2.24, 2.45) is 0 Å². The summed E-state index contributed by atoms with van der Waals surface area (Å²) in [6.07, 6.45) is -1.48. The third-order valence-corrected chi connectivity index (χ3v) is 4.00. The largest absolute Gasteiger partial charge is 0.365 e. The van der Waals surface area contributed by atoms with E-state index in [4.69, 9.17) is 0 Å². The molecule has 122 valence electrons. The topological polar surface area (TPSA) is 58.1 Å². The van der Waals surface area contributed by atoms with E-state index < -0.39 is 12.2 Å². The molecule has 1 saturated heterocycles. The molecule has 0 bridgehead atoms. The molecular weight excluding hydrogens is 302 g/mol. The van der Waals surface area contributed by atoms with Crippen LogP contribution >= 0.6 is 0 Å². The summed E-state index contributed by atoms with van der Waals surface area (Å²) in [6.45, 7) is 3.07. The maximum absolute atomic E-state index is 13.0. The Morgan fingerprint density at radius 1 is 1.39 bits per heavy atom. The minimum absolute atomic E-state index is 0.00864. The molecular formula is C16H18F2N4O. The molecule has 2 aromatic rings. The van der Waals surface area contributed by atoms with Crippen LogP contribution in [0.4, 0.5) is 14.6 Å². The molecule has 0 spiro atoms. The number of anilines is 1. The molecule has 1 N–H and O–H groups in total. The van der Waals surface area contributed by atoms with Gasteiger partial charge in [0, 0.05) is 30.9 Å². The van der Waals surface area contributed by atoms with Crippen molar-refractivity contribution >= 4 is 22.6 Å². The summed E-state index contributed by atoms with van der Waals surface area (Å²) in [4.78, 5) is 21.4. The predicted molar refractivity (Wildman–Crippen MR) is 83.4 cm³/mol. The van der Waals surface area contributed by atoms with Crippen molar-refractivity contribution in [2.45, 2.75) is 32.2 Å². The van der Waals surface area contributed by atoms with Gasteiger partial charge < -0.3 is 10.2 Å². The number of rotatable bonds is 4. The highest BCUT2D eigenvalue weighted by molar-refractivity contribution is 5.89. The standard InChI is InChI=1S/C16H18F2N4O/c1-2-13(23)22-8-7-10(9-22)19-15-11-5-3-4-6-12(11)20-16(21-15)14(17)18/h3-6,10,14H,2,7-9H2,1H3,(H,19,20,21). The first-order valence-electron chi connectivity index (χ1n) is 7.67. The normalized spacial score (nSPS) is 17.9. The lowest BCUT2D eigenvalue weighted by Crippen LogP contribution is -2.31. The van der Waals surface area contributed by atoms with Crippen molar-refractivity contribution in [2.75, 3.05) is 18.4 Å². The monoisotopic (exact) mass is 320 g/mol. The number of likely N-dealkylation sites (tertiary alicyclic amines) is 1. The molecule has 1 amide bonds. The molecule has 1 aromatic carbocycles. The summed E-state index contributed by atoms with van der Waals surface area (Å²) < 4.78 is 26.0. The summed E-state index contributed by atoms with van der Waals surface area (Å²) in [5, 5.41) is 3.92. The van der Waals surface area contributed by atoms with Crippen molar-refractivity contribution in [3.05, 3.63) is 30.1 Å². The molecule has 1 aliphatic rings. The number of benzene rings is 1. The minimum atomic E-state index is -2.72. The van der Waals surface area contributed by atoms with Gasteiger partial charge in [-0.1, -0.05) is 19.1 Å². The Morgan fingerprint density at radius 3 is 2.91 bits per heavy atom. The maximum Gasteiger partial charge on any atom is 0.297 e. The number of aromatic nitrogens is 2. The first kappa shape index (κ1) is 15.6. The molecule has 0 aliphatic carbocycles. The lowest BCUT2D eigenvalue weighted by molar-refractivity contribution is -0.129. The van der Waals surface area contributed by atoms with Gasteiger partial charge in [0.25, 0.3) is 6.43 Å². The van der Waals surface area contributed by atoms with E-state index in [9.17, 15) is 13.6 Å². The Labute approximate surface area is 132 Å². The molecule has 2 heterocycles. The van der Waals surface area contributed by atoms with E-state index in [0.717, 1.165) is 6.42 Å². The van der Waals surface area contributed by atoms with Crippen LogP contribution in [0.3, 0.4) is 0 Å². The van der Waals surface area contributed by atoms with Gasteiger partial charge in [-0.2, -0.15) is 0 Å². The molecule has 23 heavy (non-hydrogen) atoms. The highest BCUT2D eigenvalue weighted by Gasteiger charge is 2.26. The van der Waals surface area contributed by atoms with Gasteiger partial charge >= 0.3 is 0 Å². The highest BCUT2D eigenvalue weighted by Crippen LogP contribution is 2.26. The fourth-order valence-corrected chi connectivity index (χ4v) is 2.82. The zero-order chi connectivity index (χ0) is 16.4. The number of alkyl halides is 2. The summed E-state index contributed by atoms with van der Waals surface area (Å²) >= 11 is 0. The third-order valence-electron chi connectivity index (χ3n) is 4.00. The van der Waals surface area contributed by atoms with Crippen LogP contribution in [-0.2, 0) is 4.79 Å². The highest BCUT2D eigenvalue weighted by atomic mass is 19.3. The SMILES string of the molecule is CCC(=O)N1CCC(Nc2nc(C(F)F)nc3ccccc23)C1. The Morgan fingerprint density at radius 2 is 2.17 bits per heavy atom. The van der Waals surface area contributed by atoms with Crippen LogP contribution in [0.5, 0.6) is 0 Å².